The quantitative estimate of drug-likeness (QED) is 0.797. The van der Waals surface area contributed by atoms with Gasteiger partial charge in [-0.15, -0.1) is 11.8 Å². The molecule has 0 saturated carbocycles. The molecule has 0 radical (unpaired) electrons. The zero-order valence-electron chi connectivity index (χ0n) is 10.9. The number of hydrogen-bond acceptors (Lipinski definition) is 7. The third kappa shape index (κ3) is 2.52. The van der Waals surface area contributed by atoms with Gasteiger partial charge in [0.15, 0.2) is 5.69 Å². The Hall–Kier alpha value is -1.93. The van der Waals surface area contributed by atoms with Gasteiger partial charge in [-0.05, 0) is 0 Å². The molecule has 1 aliphatic rings. The molecule has 1 amide bonds. The van der Waals surface area contributed by atoms with Gasteiger partial charge in [0.2, 0.25) is 17.3 Å². The standard InChI is InChI=1S/C12H12N2O5S/c1-13-12(17)9-8-10(16)7(20-4-3-18-2)5-6(15)11(8)19-14-9/h5H,3-4H2,1-2H3,(H,13,17). The minimum Gasteiger partial charge on any atom is -0.384 e. The Kier molecular flexibility index (Phi) is 4.35. The number of thioether (sulfide) groups is 1. The maximum Gasteiger partial charge on any atom is 0.274 e. The van der Waals surface area contributed by atoms with E-state index >= 15 is 0 Å². The maximum absolute atomic E-state index is 12.3. The van der Waals surface area contributed by atoms with Crippen LogP contribution in [0.15, 0.2) is 15.5 Å². The first-order valence-corrected chi connectivity index (χ1v) is 6.73. The molecule has 1 aromatic heterocycles. The summed E-state index contributed by atoms with van der Waals surface area (Å²) in [5, 5.41) is 5.85. The molecular formula is C12H12N2O5S. The molecule has 0 unspecified atom stereocenters. The number of carbonyl (C=O) groups excluding carboxylic acids is 3. The molecule has 20 heavy (non-hydrogen) atoms. The van der Waals surface area contributed by atoms with Crippen LogP contribution < -0.4 is 5.32 Å². The van der Waals surface area contributed by atoms with Gasteiger partial charge in [0.05, 0.1) is 11.5 Å². The van der Waals surface area contributed by atoms with Crippen molar-refractivity contribution < 1.29 is 23.6 Å². The SMILES string of the molecule is CNC(=O)c1noc2c1C(=O)C(SCCOC)=CC2=O. The molecule has 1 N–H and O–H groups in total. The summed E-state index contributed by atoms with van der Waals surface area (Å²) in [6.45, 7) is 0.447. The maximum atomic E-state index is 12.3. The van der Waals surface area contributed by atoms with E-state index in [1.165, 1.54) is 24.9 Å². The van der Waals surface area contributed by atoms with E-state index in [0.29, 0.717) is 12.4 Å². The van der Waals surface area contributed by atoms with E-state index in [-0.39, 0.29) is 21.9 Å². The zero-order valence-corrected chi connectivity index (χ0v) is 11.7. The van der Waals surface area contributed by atoms with Gasteiger partial charge in [-0.3, -0.25) is 14.4 Å². The highest BCUT2D eigenvalue weighted by Crippen LogP contribution is 2.30. The van der Waals surface area contributed by atoms with Crippen LogP contribution >= 0.6 is 11.8 Å². The molecule has 106 valence electrons. The van der Waals surface area contributed by atoms with E-state index < -0.39 is 17.5 Å². The van der Waals surface area contributed by atoms with Crippen molar-refractivity contribution in [2.45, 2.75) is 0 Å². The number of nitrogens with one attached hydrogen (secondary N) is 1. The van der Waals surface area contributed by atoms with Crippen molar-refractivity contribution in [2.24, 2.45) is 0 Å². The highest BCUT2D eigenvalue weighted by Gasteiger charge is 2.35. The Morgan fingerprint density at radius 2 is 2.25 bits per heavy atom. The van der Waals surface area contributed by atoms with E-state index in [2.05, 4.69) is 10.5 Å². The van der Waals surface area contributed by atoms with E-state index in [0.717, 1.165) is 0 Å². The molecule has 7 nitrogen and oxygen atoms in total. The Morgan fingerprint density at radius 3 is 2.90 bits per heavy atom. The normalized spacial score (nSPS) is 14.0. The first kappa shape index (κ1) is 14.5. The number of aromatic nitrogens is 1. The lowest BCUT2D eigenvalue weighted by atomic mass is 10.00. The summed E-state index contributed by atoms with van der Waals surface area (Å²) < 4.78 is 9.70. The molecule has 8 heteroatoms. The van der Waals surface area contributed by atoms with Crippen LogP contribution in [0.2, 0.25) is 0 Å². The first-order valence-electron chi connectivity index (χ1n) is 5.74. The molecule has 0 saturated heterocycles. The second-order valence-corrected chi connectivity index (χ2v) is 4.99. The number of allylic oxidation sites excluding steroid dienone is 2. The number of nitrogens with zero attached hydrogens (tertiary/aromatic N) is 1. The fourth-order valence-electron chi connectivity index (χ4n) is 1.66. The van der Waals surface area contributed by atoms with Crippen LogP contribution in [0.5, 0.6) is 0 Å². The van der Waals surface area contributed by atoms with Crippen LogP contribution in [0.3, 0.4) is 0 Å². The van der Waals surface area contributed by atoms with Crippen LogP contribution in [0.25, 0.3) is 0 Å². The Balaban J connectivity index is 2.33. The van der Waals surface area contributed by atoms with Crippen molar-refractivity contribution in [2.75, 3.05) is 26.5 Å². The van der Waals surface area contributed by atoms with Crippen molar-refractivity contribution in [3.05, 3.63) is 28.0 Å². The van der Waals surface area contributed by atoms with Crippen LogP contribution in [0.4, 0.5) is 0 Å². The van der Waals surface area contributed by atoms with Crippen LogP contribution in [0.1, 0.15) is 31.4 Å². The van der Waals surface area contributed by atoms with Crippen molar-refractivity contribution in [1.29, 1.82) is 0 Å². The third-order valence-corrected chi connectivity index (χ3v) is 3.60. The molecule has 0 aliphatic heterocycles. The van der Waals surface area contributed by atoms with Crippen LogP contribution in [0, 0.1) is 0 Å². The monoisotopic (exact) mass is 296 g/mol. The van der Waals surface area contributed by atoms with Gasteiger partial charge in [-0.2, -0.15) is 0 Å². The Labute approximate surface area is 118 Å². The van der Waals surface area contributed by atoms with Gasteiger partial charge in [-0.25, -0.2) is 0 Å². The second-order valence-electron chi connectivity index (χ2n) is 3.86. The summed E-state index contributed by atoms with van der Waals surface area (Å²) in [6, 6.07) is 0. The summed E-state index contributed by atoms with van der Waals surface area (Å²) in [5.41, 5.74) is -0.240. The van der Waals surface area contributed by atoms with Gasteiger partial charge < -0.3 is 14.6 Å². The molecule has 0 bridgehead atoms. The lowest BCUT2D eigenvalue weighted by Crippen LogP contribution is -2.23. The third-order valence-electron chi connectivity index (χ3n) is 2.62. The van der Waals surface area contributed by atoms with E-state index in [9.17, 15) is 14.4 Å². The Bertz CT molecular complexity index is 605. The zero-order chi connectivity index (χ0) is 14.7. The predicted molar refractivity (Wildman–Crippen MR) is 71.0 cm³/mol. The molecule has 1 aromatic rings. The van der Waals surface area contributed by atoms with Crippen LogP contribution in [-0.2, 0) is 4.74 Å². The van der Waals surface area contributed by atoms with Crippen molar-refractivity contribution in [3.63, 3.8) is 0 Å². The number of Topliss-reactive ketones (excluding diaryl/α,β-unsaturated/α-hetero) is 1. The summed E-state index contributed by atoms with van der Waals surface area (Å²) in [7, 11) is 2.95. The molecule has 0 fully saturated rings. The van der Waals surface area contributed by atoms with Gasteiger partial charge in [-0.1, -0.05) is 5.16 Å². The van der Waals surface area contributed by atoms with E-state index in [4.69, 9.17) is 9.26 Å². The number of hydrogen-bond donors (Lipinski definition) is 1. The smallest absolute Gasteiger partial charge is 0.274 e. The molecule has 0 atom stereocenters. The van der Waals surface area contributed by atoms with Gasteiger partial charge in [0, 0.05) is 26.0 Å². The topological polar surface area (TPSA) is 98.5 Å². The number of carbonyl (C=O) groups is 3. The molecule has 0 aromatic carbocycles. The molecule has 0 spiro atoms. The largest absolute Gasteiger partial charge is 0.384 e. The second kappa shape index (κ2) is 6.02. The Morgan fingerprint density at radius 1 is 1.50 bits per heavy atom. The summed E-state index contributed by atoms with van der Waals surface area (Å²) >= 11 is 1.19. The lowest BCUT2D eigenvalue weighted by molar-refractivity contribution is 0.0944. The predicted octanol–water partition coefficient (Wildman–Crippen LogP) is 0.677. The minimum absolute atomic E-state index is 0.0724. The number of ether oxygens (including phenoxy) is 1. The fraction of sp³-hybridized carbons (Fsp3) is 0.333. The fourth-order valence-corrected chi connectivity index (χ4v) is 2.55. The molecule has 1 aliphatic carbocycles. The number of methoxy groups -OCH3 is 1. The van der Waals surface area contributed by atoms with Gasteiger partial charge in [0.1, 0.15) is 5.56 Å². The van der Waals surface area contributed by atoms with Gasteiger partial charge in [0.25, 0.3) is 5.91 Å². The lowest BCUT2D eigenvalue weighted by Gasteiger charge is -2.10. The van der Waals surface area contributed by atoms with Gasteiger partial charge >= 0.3 is 0 Å². The number of amides is 1. The minimum atomic E-state index is -0.570. The number of rotatable bonds is 5. The van der Waals surface area contributed by atoms with Crippen molar-refractivity contribution in [1.82, 2.24) is 10.5 Å². The highest BCUT2D eigenvalue weighted by molar-refractivity contribution is 8.04. The number of fused-ring (bicyclic) bond motifs is 1. The first-order chi connectivity index (χ1) is 9.60. The average molecular weight is 296 g/mol. The summed E-state index contributed by atoms with van der Waals surface area (Å²) in [6.07, 6.45) is 1.20. The average Bonchev–Trinajstić information content (AvgIpc) is 2.89. The summed E-state index contributed by atoms with van der Waals surface area (Å²) in [5.74, 6) is -1.14. The van der Waals surface area contributed by atoms with E-state index in [1.807, 2.05) is 0 Å². The molecule has 1 heterocycles. The molecule has 2 rings (SSSR count). The van der Waals surface area contributed by atoms with Crippen molar-refractivity contribution >= 4 is 29.2 Å². The molecular weight excluding hydrogens is 284 g/mol. The van der Waals surface area contributed by atoms with Crippen LogP contribution in [-0.4, -0.2) is 49.1 Å². The highest BCUT2D eigenvalue weighted by atomic mass is 32.2. The van der Waals surface area contributed by atoms with E-state index in [1.54, 1.807) is 7.11 Å². The summed E-state index contributed by atoms with van der Waals surface area (Å²) in [4.78, 5) is 36.0. The van der Waals surface area contributed by atoms with Crippen molar-refractivity contribution in [3.8, 4) is 0 Å². The number of ketones is 2.